The highest BCUT2D eigenvalue weighted by Crippen LogP contribution is 2.24. The maximum atomic E-state index is 8.73. The first-order chi connectivity index (χ1) is 8.90. The van der Waals surface area contributed by atoms with Crippen LogP contribution in [0.15, 0.2) is 36.5 Å². The monoisotopic (exact) mass is 317 g/mol. The van der Waals surface area contributed by atoms with Crippen molar-refractivity contribution in [3.05, 3.63) is 42.4 Å². The molecular formula is C15H16BrN3. The van der Waals surface area contributed by atoms with Gasteiger partial charge in [0.1, 0.15) is 12.7 Å². The molecule has 1 aliphatic rings. The van der Waals surface area contributed by atoms with E-state index in [0.29, 0.717) is 6.42 Å². The number of aromatic nitrogens is 2. The van der Waals surface area contributed by atoms with Crippen LogP contribution < -0.4 is 21.5 Å². The highest BCUT2D eigenvalue weighted by Gasteiger charge is 2.28. The van der Waals surface area contributed by atoms with Crippen molar-refractivity contribution in [3.8, 4) is 17.3 Å². The van der Waals surface area contributed by atoms with E-state index in [9.17, 15) is 0 Å². The first-order valence-corrected chi connectivity index (χ1v) is 6.44. The largest absolute Gasteiger partial charge is 1.00 e. The molecule has 1 aliphatic heterocycles. The molecule has 0 atom stereocenters. The van der Waals surface area contributed by atoms with Crippen molar-refractivity contribution in [1.82, 2.24) is 4.57 Å². The van der Waals surface area contributed by atoms with Crippen LogP contribution in [-0.2, 0) is 19.5 Å². The molecule has 0 saturated carbocycles. The van der Waals surface area contributed by atoms with Crippen molar-refractivity contribution in [1.29, 1.82) is 5.26 Å². The fraction of sp³-hybridized carbons (Fsp3) is 0.333. The molecule has 0 aliphatic carbocycles. The van der Waals surface area contributed by atoms with Crippen molar-refractivity contribution in [3.63, 3.8) is 0 Å². The highest BCUT2D eigenvalue weighted by molar-refractivity contribution is 5.58. The Hall–Kier alpha value is -1.60. The summed E-state index contributed by atoms with van der Waals surface area (Å²) in [7, 11) is 0. The molecule has 2 aromatic rings. The van der Waals surface area contributed by atoms with Gasteiger partial charge in [0.25, 0.3) is 5.82 Å². The van der Waals surface area contributed by atoms with Crippen molar-refractivity contribution in [2.75, 3.05) is 0 Å². The molecule has 0 amide bonds. The Bertz CT molecular complexity index is 596. The van der Waals surface area contributed by atoms with Gasteiger partial charge in [0.05, 0.1) is 25.5 Å². The molecule has 4 heteroatoms. The minimum absolute atomic E-state index is 0. The third-order valence-corrected chi connectivity index (χ3v) is 3.53. The normalized spacial score (nSPS) is 12.6. The molecule has 3 nitrogen and oxygen atoms in total. The molecule has 1 aromatic carbocycles. The van der Waals surface area contributed by atoms with Gasteiger partial charge >= 0.3 is 0 Å². The number of halogens is 1. The average Bonchev–Trinajstić information content (AvgIpc) is 3.00. The maximum absolute atomic E-state index is 8.73. The van der Waals surface area contributed by atoms with E-state index >= 15 is 0 Å². The molecule has 0 radical (unpaired) electrons. The van der Waals surface area contributed by atoms with E-state index in [4.69, 9.17) is 5.26 Å². The Morgan fingerprint density at radius 2 is 2.05 bits per heavy atom. The fourth-order valence-corrected chi connectivity index (χ4v) is 2.71. The van der Waals surface area contributed by atoms with Crippen molar-refractivity contribution in [2.45, 2.75) is 32.4 Å². The quantitative estimate of drug-likeness (QED) is 0.690. The number of hydrogen-bond acceptors (Lipinski definition) is 1. The number of hydrogen-bond donors (Lipinski definition) is 0. The lowest BCUT2D eigenvalue weighted by molar-refractivity contribution is -0.701. The lowest BCUT2D eigenvalue weighted by Gasteiger charge is -1.97. The number of aryl methyl sites for hydroxylation is 1. The minimum Gasteiger partial charge on any atom is -1.00 e. The smallest absolute Gasteiger partial charge is 0.257 e. The first kappa shape index (κ1) is 13.8. The topological polar surface area (TPSA) is 32.6 Å². The van der Waals surface area contributed by atoms with Gasteiger partial charge in [0.2, 0.25) is 0 Å². The van der Waals surface area contributed by atoms with E-state index in [0.717, 1.165) is 19.5 Å². The molecule has 2 heterocycles. The van der Waals surface area contributed by atoms with Gasteiger partial charge in [-0.15, -0.1) is 0 Å². The standard InChI is InChI=1S/C15H16N3.BrH/c16-9-5-10-17-12-14(13-6-2-1-3-7-13)18-11-4-8-15(17)18;/h1-3,6-7,12H,4-5,8,10-11H2;1H/q+1;/p-1. The molecule has 0 N–H and O–H groups in total. The summed E-state index contributed by atoms with van der Waals surface area (Å²) in [6.07, 6.45) is 5.11. The maximum Gasteiger partial charge on any atom is 0.257 e. The molecule has 1 aromatic heterocycles. The summed E-state index contributed by atoms with van der Waals surface area (Å²) in [6, 6.07) is 12.7. The lowest BCUT2D eigenvalue weighted by atomic mass is 10.2. The SMILES string of the molecule is N#CCC[n+]1cc(-c2ccccc2)n2c1CCC2.[Br-]. The number of nitrogens with zero attached hydrogens (tertiary/aromatic N) is 3. The molecule has 0 fully saturated rings. The van der Waals surface area contributed by atoms with Crippen LogP contribution in [0.1, 0.15) is 18.7 Å². The Balaban J connectivity index is 0.00000133. The summed E-state index contributed by atoms with van der Waals surface area (Å²) in [5.74, 6) is 1.36. The Morgan fingerprint density at radius 3 is 2.79 bits per heavy atom. The lowest BCUT2D eigenvalue weighted by Crippen LogP contribution is -3.00. The van der Waals surface area contributed by atoms with E-state index in [1.807, 2.05) is 6.07 Å². The summed E-state index contributed by atoms with van der Waals surface area (Å²) in [6.45, 7) is 1.90. The zero-order valence-corrected chi connectivity index (χ0v) is 12.3. The van der Waals surface area contributed by atoms with Crippen LogP contribution in [0.2, 0.25) is 0 Å². The van der Waals surface area contributed by atoms with Gasteiger partial charge in [-0.1, -0.05) is 30.3 Å². The van der Waals surface area contributed by atoms with Gasteiger partial charge in [-0.05, 0) is 6.42 Å². The summed E-state index contributed by atoms with van der Waals surface area (Å²) in [5, 5.41) is 8.73. The summed E-state index contributed by atoms with van der Waals surface area (Å²) in [4.78, 5) is 0. The summed E-state index contributed by atoms with van der Waals surface area (Å²) in [5.41, 5.74) is 2.54. The van der Waals surface area contributed by atoms with Crippen molar-refractivity contribution < 1.29 is 21.5 Å². The third-order valence-electron chi connectivity index (χ3n) is 3.53. The van der Waals surface area contributed by atoms with Gasteiger partial charge in [-0.3, -0.25) is 0 Å². The van der Waals surface area contributed by atoms with E-state index < -0.39 is 0 Å². The molecule has 98 valence electrons. The van der Waals surface area contributed by atoms with Gasteiger partial charge < -0.3 is 17.0 Å². The predicted octanol–water partition coefficient (Wildman–Crippen LogP) is -0.694. The van der Waals surface area contributed by atoms with Crippen LogP contribution in [-0.4, -0.2) is 4.57 Å². The second-order valence-corrected chi connectivity index (χ2v) is 4.65. The molecule has 0 spiro atoms. The highest BCUT2D eigenvalue weighted by atomic mass is 79.9. The summed E-state index contributed by atoms with van der Waals surface area (Å²) >= 11 is 0. The molecule has 0 bridgehead atoms. The van der Waals surface area contributed by atoms with Gasteiger partial charge in [-0.25, -0.2) is 9.13 Å². The molecule has 19 heavy (non-hydrogen) atoms. The van der Waals surface area contributed by atoms with Crippen LogP contribution in [0.4, 0.5) is 0 Å². The molecule has 0 unspecified atom stereocenters. The van der Waals surface area contributed by atoms with Crippen LogP contribution in [0, 0.1) is 11.3 Å². The second kappa shape index (κ2) is 6.03. The minimum atomic E-state index is 0. The van der Waals surface area contributed by atoms with Gasteiger partial charge in [0.15, 0.2) is 5.69 Å². The average molecular weight is 318 g/mol. The number of rotatable bonds is 3. The van der Waals surface area contributed by atoms with Gasteiger partial charge in [-0.2, -0.15) is 5.26 Å². The Morgan fingerprint density at radius 1 is 1.26 bits per heavy atom. The van der Waals surface area contributed by atoms with Crippen LogP contribution >= 0.6 is 0 Å². The van der Waals surface area contributed by atoms with E-state index in [2.05, 4.69) is 45.7 Å². The Kier molecular flexibility index (Phi) is 4.39. The van der Waals surface area contributed by atoms with E-state index in [1.165, 1.54) is 23.5 Å². The van der Waals surface area contributed by atoms with Crippen LogP contribution in [0.25, 0.3) is 11.3 Å². The van der Waals surface area contributed by atoms with Crippen LogP contribution in [0.3, 0.4) is 0 Å². The number of fused-ring (bicyclic) bond motifs is 1. The van der Waals surface area contributed by atoms with Crippen LogP contribution in [0.5, 0.6) is 0 Å². The third kappa shape index (κ3) is 2.57. The molecule has 0 saturated heterocycles. The van der Waals surface area contributed by atoms with Gasteiger partial charge in [0, 0.05) is 5.56 Å². The van der Waals surface area contributed by atoms with Crippen molar-refractivity contribution in [2.24, 2.45) is 0 Å². The number of benzene rings is 1. The van der Waals surface area contributed by atoms with Crippen molar-refractivity contribution >= 4 is 0 Å². The van der Waals surface area contributed by atoms with E-state index in [-0.39, 0.29) is 17.0 Å². The Labute approximate surface area is 123 Å². The summed E-state index contributed by atoms with van der Waals surface area (Å²) < 4.78 is 4.64. The van der Waals surface area contributed by atoms with E-state index in [1.54, 1.807) is 0 Å². The number of nitriles is 1. The fourth-order valence-electron chi connectivity index (χ4n) is 2.71. The second-order valence-electron chi connectivity index (χ2n) is 4.65. The zero-order valence-electron chi connectivity index (χ0n) is 10.7. The number of imidazole rings is 1. The zero-order chi connectivity index (χ0) is 12.4. The molecular weight excluding hydrogens is 302 g/mol. The predicted molar refractivity (Wildman–Crippen MR) is 68.6 cm³/mol. The molecule has 3 rings (SSSR count). The first-order valence-electron chi connectivity index (χ1n) is 6.44.